The van der Waals surface area contributed by atoms with Crippen molar-refractivity contribution in [2.24, 2.45) is 5.92 Å². The molecule has 0 aromatic heterocycles. The number of ether oxygens (including phenoxy) is 3. The van der Waals surface area contributed by atoms with E-state index in [0.29, 0.717) is 23.1 Å². The minimum atomic E-state index is -0.742. The molecule has 0 unspecified atom stereocenters. The van der Waals surface area contributed by atoms with E-state index >= 15 is 0 Å². The van der Waals surface area contributed by atoms with E-state index in [1.807, 2.05) is 0 Å². The zero-order valence-electron chi connectivity index (χ0n) is 17.3. The second kappa shape index (κ2) is 9.69. The molecule has 29 heavy (non-hydrogen) atoms. The number of carbonyl (C=O) groups is 3. The molecule has 1 saturated heterocycles. The van der Waals surface area contributed by atoms with Crippen LogP contribution < -0.4 is 0 Å². The van der Waals surface area contributed by atoms with Crippen LogP contribution in [0.15, 0.2) is 47.1 Å². The van der Waals surface area contributed by atoms with E-state index in [-0.39, 0.29) is 18.6 Å². The zero-order valence-corrected chi connectivity index (χ0v) is 17.3. The summed E-state index contributed by atoms with van der Waals surface area (Å²) in [7, 11) is 0. The highest BCUT2D eigenvalue weighted by atomic mass is 16.6. The van der Waals surface area contributed by atoms with Crippen molar-refractivity contribution in [3.8, 4) is 0 Å². The van der Waals surface area contributed by atoms with Crippen LogP contribution >= 0.6 is 0 Å². The maximum absolute atomic E-state index is 12.4. The van der Waals surface area contributed by atoms with Crippen molar-refractivity contribution in [3.63, 3.8) is 0 Å². The van der Waals surface area contributed by atoms with Crippen LogP contribution in [0, 0.1) is 5.92 Å². The fourth-order valence-electron chi connectivity index (χ4n) is 3.41. The molecule has 7 heteroatoms. The first-order valence-corrected chi connectivity index (χ1v) is 9.55. The zero-order chi connectivity index (χ0) is 21.7. The third kappa shape index (κ3) is 5.44. The molecule has 1 aliphatic heterocycles. The summed E-state index contributed by atoms with van der Waals surface area (Å²) in [6, 6.07) is 0. The van der Waals surface area contributed by atoms with Gasteiger partial charge in [-0.15, -0.1) is 0 Å². The number of hydrogen-bond donors (Lipinski definition) is 1. The van der Waals surface area contributed by atoms with Gasteiger partial charge in [-0.25, -0.2) is 9.59 Å². The van der Waals surface area contributed by atoms with Gasteiger partial charge < -0.3 is 19.3 Å². The Hall–Kier alpha value is -2.67. The monoisotopic (exact) mass is 404 g/mol. The quantitative estimate of drug-likeness (QED) is 0.333. The fourth-order valence-corrected chi connectivity index (χ4v) is 3.41. The van der Waals surface area contributed by atoms with Gasteiger partial charge in [0.1, 0.15) is 18.3 Å². The molecule has 0 aromatic carbocycles. The van der Waals surface area contributed by atoms with Gasteiger partial charge in [-0.3, -0.25) is 4.79 Å². The van der Waals surface area contributed by atoms with Gasteiger partial charge in [-0.2, -0.15) is 0 Å². The van der Waals surface area contributed by atoms with Crippen molar-refractivity contribution in [2.45, 2.75) is 58.8 Å². The maximum Gasteiger partial charge on any atom is 0.334 e. The van der Waals surface area contributed by atoms with Gasteiger partial charge in [0.05, 0.1) is 12.5 Å². The lowest BCUT2D eigenvalue weighted by Crippen LogP contribution is -2.34. The molecule has 0 amide bonds. The van der Waals surface area contributed by atoms with Crippen molar-refractivity contribution < 1.29 is 33.7 Å². The van der Waals surface area contributed by atoms with E-state index in [1.165, 1.54) is 6.92 Å². The number of allylic oxidation sites excluding steroid dienone is 1. The molecule has 0 aromatic rings. The van der Waals surface area contributed by atoms with Crippen molar-refractivity contribution in [1.82, 2.24) is 0 Å². The van der Waals surface area contributed by atoms with E-state index in [4.69, 9.17) is 14.2 Å². The van der Waals surface area contributed by atoms with Crippen molar-refractivity contribution in [2.75, 3.05) is 6.61 Å². The Morgan fingerprint density at radius 3 is 2.62 bits per heavy atom. The van der Waals surface area contributed by atoms with Crippen LogP contribution in [0.25, 0.3) is 0 Å². The summed E-state index contributed by atoms with van der Waals surface area (Å²) in [5, 5.41) is 9.81. The maximum atomic E-state index is 12.4. The molecular weight excluding hydrogens is 376 g/mol. The molecule has 0 radical (unpaired) electrons. The summed E-state index contributed by atoms with van der Waals surface area (Å²) < 4.78 is 16.5. The summed E-state index contributed by atoms with van der Waals surface area (Å²) in [5.74, 6) is -2.12. The van der Waals surface area contributed by atoms with Gasteiger partial charge in [0.15, 0.2) is 0 Å². The summed E-state index contributed by atoms with van der Waals surface area (Å²) in [6.45, 7) is 10.0. The standard InChI is InChI=1S/C22H28O7/c1-6-12(2)21(25)28-19-10-16(11-23)7-8-17(27-15(5)24)13(3)9-18-20(19)14(4)22(26)29-18/h6-7,9,17-20,23H,4,8,10-11H2,1-3,5H3/b12-6+,13-9+,16-7-/t17-,18+,19+,20-/m0/s1. The van der Waals surface area contributed by atoms with Gasteiger partial charge >= 0.3 is 17.9 Å². The molecule has 0 spiro atoms. The lowest BCUT2D eigenvalue weighted by atomic mass is 9.85. The average Bonchev–Trinajstić information content (AvgIpc) is 2.94. The Balaban J connectivity index is 2.48. The predicted octanol–water partition coefficient (Wildman–Crippen LogP) is 2.55. The fraction of sp³-hybridized carbons (Fsp3) is 0.500. The van der Waals surface area contributed by atoms with E-state index in [2.05, 4.69) is 6.58 Å². The predicted molar refractivity (Wildman–Crippen MR) is 106 cm³/mol. The Labute approximate surface area is 170 Å². The number of esters is 3. The number of hydrogen-bond acceptors (Lipinski definition) is 7. The Morgan fingerprint density at radius 2 is 2.03 bits per heavy atom. The number of aliphatic hydroxyl groups is 1. The minimum Gasteiger partial charge on any atom is -0.458 e. The molecule has 2 aliphatic rings. The first-order valence-electron chi connectivity index (χ1n) is 9.55. The van der Waals surface area contributed by atoms with Gasteiger partial charge in [-0.05, 0) is 38.0 Å². The highest BCUT2D eigenvalue weighted by Gasteiger charge is 2.45. The van der Waals surface area contributed by atoms with Crippen molar-refractivity contribution >= 4 is 17.9 Å². The highest BCUT2D eigenvalue weighted by Crippen LogP contribution is 2.36. The number of carbonyl (C=O) groups excluding carboxylic acids is 3. The molecule has 0 bridgehead atoms. The molecule has 158 valence electrons. The second-order valence-corrected chi connectivity index (χ2v) is 7.31. The molecule has 1 fully saturated rings. The second-order valence-electron chi connectivity index (χ2n) is 7.31. The number of aliphatic hydroxyl groups excluding tert-OH is 1. The Bertz CT molecular complexity index is 787. The smallest absolute Gasteiger partial charge is 0.334 e. The van der Waals surface area contributed by atoms with Crippen LogP contribution in [0.1, 0.15) is 40.5 Å². The number of fused-ring (bicyclic) bond motifs is 1. The lowest BCUT2D eigenvalue weighted by molar-refractivity contribution is -0.148. The van der Waals surface area contributed by atoms with E-state index in [0.717, 1.165) is 0 Å². The first-order chi connectivity index (χ1) is 13.7. The van der Waals surface area contributed by atoms with Gasteiger partial charge in [0, 0.05) is 30.9 Å². The van der Waals surface area contributed by atoms with Crippen LogP contribution in [0.4, 0.5) is 0 Å². The summed E-state index contributed by atoms with van der Waals surface area (Å²) >= 11 is 0. The summed E-state index contributed by atoms with van der Waals surface area (Å²) in [6.07, 6.45) is 3.68. The molecule has 1 heterocycles. The molecule has 1 N–H and O–H groups in total. The average molecular weight is 404 g/mol. The Morgan fingerprint density at radius 1 is 1.34 bits per heavy atom. The van der Waals surface area contributed by atoms with E-state index in [1.54, 1.807) is 39.0 Å². The van der Waals surface area contributed by atoms with E-state index in [9.17, 15) is 19.5 Å². The van der Waals surface area contributed by atoms with Gasteiger partial charge in [-0.1, -0.05) is 18.7 Å². The Kier molecular flexibility index (Phi) is 7.56. The van der Waals surface area contributed by atoms with Crippen LogP contribution in [0.3, 0.4) is 0 Å². The summed E-state index contributed by atoms with van der Waals surface area (Å²) in [5.41, 5.74) is 1.95. The largest absolute Gasteiger partial charge is 0.458 e. The SMILES string of the molecule is C=C1C(=O)O[C@@H]2/C=C(\C)[C@@H](OC(C)=O)C/C=C(\CO)C[C@@H](OC(=O)/C(C)=C/C)[C@@H]12. The molecule has 0 saturated carbocycles. The lowest BCUT2D eigenvalue weighted by Gasteiger charge is -2.29. The van der Waals surface area contributed by atoms with Crippen molar-refractivity contribution in [1.29, 1.82) is 0 Å². The van der Waals surface area contributed by atoms with Crippen LogP contribution in [-0.2, 0) is 28.6 Å². The first kappa shape index (κ1) is 22.6. The van der Waals surface area contributed by atoms with Crippen LogP contribution in [-0.4, -0.2) is 47.9 Å². The third-order valence-electron chi connectivity index (χ3n) is 5.21. The van der Waals surface area contributed by atoms with Crippen LogP contribution in [0.2, 0.25) is 0 Å². The van der Waals surface area contributed by atoms with Gasteiger partial charge in [0.25, 0.3) is 0 Å². The third-order valence-corrected chi connectivity index (χ3v) is 5.21. The van der Waals surface area contributed by atoms with Gasteiger partial charge in [0.2, 0.25) is 0 Å². The van der Waals surface area contributed by atoms with Crippen LogP contribution in [0.5, 0.6) is 0 Å². The summed E-state index contributed by atoms with van der Waals surface area (Å²) in [4.78, 5) is 36.1. The molecule has 7 nitrogen and oxygen atoms in total. The van der Waals surface area contributed by atoms with E-state index < -0.39 is 42.1 Å². The molecular formula is C22H28O7. The molecule has 4 atom stereocenters. The van der Waals surface area contributed by atoms with Crippen molar-refractivity contribution in [3.05, 3.63) is 47.1 Å². The molecule has 2 rings (SSSR count). The number of rotatable bonds is 4. The minimum absolute atomic E-state index is 0.204. The topological polar surface area (TPSA) is 99.1 Å². The molecule has 1 aliphatic carbocycles. The highest BCUT2D eigenvalue weighted by molar-refractivity contribution is 5.92. The normalized spacial score (nSPS) is 31.6.